The van der Waals surface area contributed by atoms with Gasteiger partial charge in [-0.25, -0.2) is 4.98 Å². The van der Waals surface area contributed by atoms with Gasteiger partial charge in [0.25, 0.3) is 0 Å². The van der Waals surface area contributed by atoms with E-state index < -0.39 is 11.7 Å². The molecule has 0 saturated carbocycles. The lowest BCUT2D eigenvalue weighted by Gasteiger charge is -2.13. The zero-order chi connectivity index (χ0) is 22.9. The molecule has 2 N–H and O–H groups in total. The van der Waals surface area contributed by atoms with Gasteiger partial charge in [0.1, 0.15) is 5.65 Å². The Labute approximate surface area is 187 Å². The summed E-state index contributed by atoms with van der Waals surface area (Å²) in [5.74, 6) is -0.263. The average molecular weight is 458 g/mol. The molecule has 0 bridgehead atoms. The molecule has 4 aromatic rings. The van der Waals surface area contributed by atoms with Gasteiger partial charge in [-0.05, 0) is 36.2 Å². The van der Waals surface area contributed by atoms with Gasteiger partial charge in [0.15, 0.2) is 5.78 Å². The predicted molar refractivity (Wildman–Crippen MR) is 119 cm³/mol. The molecule has 0 aliphatic rings. The molecule has 2 aromatic carbocycles. The number of aromatic amines is 1. The van der Waals surface area contributed by atoms with Crippen molar-refractivity contribution in [3.8, 4) is 0 Å². The van der Waals surface area contributed by atoms with Crippen LogP contribution in [0.1, 0.15) is 32.6 Å². The number of aryl methyl sites for hydroxylation is 1. The maximum atomic E-state index is 12.9. The molecule has 4 rings (SSSR count). The molecule has 4 nitrogen and oxygen atoms in total. The highest BCUT2D eigenvalue weighted by molar-refractivity contribution is 6.36. The first-order valence-corrected chi connectivity index (χ1v) is 10.2. The number of fused-ring (bicyclic) bond motifs is 1. The Hall–Kier alpha value is -3.32. The molecule has 0 spiro atoms. The van der Waals surface area contributed by atoms with E-state index in [1.165, 1.54) is 12.1 Å². The number of nitrogens with one attached hydrogen (secondary N) is 2. The van der Waals surface area contributed by atoms with Crippen LogP contribution in [-0.4, -0.2) is 15.8 Å². The van der Waals surface area contributed by atoms with Crippen molar-refractivity contribution in [2.75, 3.05) is 5.32 Å². The van der Waals surface area contributed by atoms with Gasteiger partial charge in [-0.3, -0.25) is 4.79 Å². The van der Waals surface area contributed by atoms with E-state index in [4.69, 9.17) is 11.6 Å². The molecule has 0 fully saturated rings. The summed E-state index contributed by atoms with van der Waals surface area (Å²) in [6.07, 6.45) is -1.11. The molecule has 2 aromatic heterocycles. The number of alkyl halides is 3. The van der Waals surface area contributed by atoms with Crippen LogP contribution in [0, 0.1) is 6.92 Å². The number of anilines is 1. The molecule has 164 valence electrons. The lowest BCUT2D eigenvalue weighted by molar-refractivity contribution is -0.137. The number of Topliss-reactive ketones (excluding diaryl/α,β-unsaturated/α-hetero) is 1. The van der Waals surface area contributed by atoms with Crippen LogP contribution in [-0.2, 0) is 19.1 Å². The van der Waals surface area contributed by atoms with Crippen molar-refractivity contribution in [2.24, 2.45) is 0 Å². The third-order valence-electron chi connectivity index (χ3n) is 5.24. The standard InChI is InChI=1S/C24H19ClF3N3O/c1-14-5-6-16(21(32)10-15-3-2-4-18(9-15)24(26,27)28)11-20(14)30-12-17-13-31-23-19(22(17)25)7-8-29-23/h2-9,11,13,30H,10,12H2,1H3,(H,29,31). The van der Waals surface area contributed by atoms with Crippen LogP contribution in [0.25, 0.3) is 11.0 Å². The first-order chi connectivity index (χ1) is 15.2. The Kier molecular flexibility index (Phi) is 5.93. The first kappa shape index (κ1) is 21.9. The number of ketones is 1. The Morgan fingerprint density at radius 1 is 1.16 bits per heavy atom. The van der Waals surface area contributed by atoms with Gasteiger partial charge < -0.3 is 10.3 Å². The molecule has 32 heavy (non-hydrogen) atoms. The summed E-state index contributed by atoms with van der Waals surface area (Å²) < 4.78 is 38.8. The second-order valence-corrected chi connectivity index (χ2v) is 7.90. The first-order valence-electron chi connectivity index (χ1n) is 9.86. The highest BCUT2D eigenvalue weighted by Crippen LogP contribution is 2.30. The number of pyridine rings is 1. The predicted octanol–water partition coefficient (Wildman–Crippen LogP) is 6.58. The molecule has 0 unspecified atom stereocenters. The van der Waals surface area contributed by atoms with Gasteiger partial charge in [0.05, 0.1) is 10.6 Å². The molecule has 2 heterocycles. The largest absolute Gasteiger partial charge is 0.416 e. The Morgan fingerprint density at radius 2 is 1.97 bits per heavy atom. The van der Waals surface area contributed by atoms with Gasteiger partial charge >= 0.3 is 6.18 Å². The van der Waals surface area contributed by atoms with Crippen LogP contribution in [0.2, 0.25) is 5.02 Å². The molecule has 0 saturated heterocycles. The number of carbonyl (C=O) groups excluding carboxylic acids is 1. The highest BCUT2D eigenvalue weighted by atomic mass is 35.5. The van der Waals surface area contributed by atoms with Crippen LogP contribution < -0.4 is 5.32 Å². The van der Waals surface area contributed by atoms with Crippen molar-refractivity contribution < 1.29 is 18.0 Å². The maximum absolute atomic E-state index is 12.9. The van der Waals surface area contributed by atoms with Crippen LogP contribution in [0.15, 0.2) is 60.9 Å². The zero-order valence-corrected chi connectivity index (χ0v) is 17.8. The van der Waals surface area contributed by atoms with Crippen molar-refractivity contribution >= 4 is 34.1 Å². The third-order valence-corrected chi connectivity index (χ3v) is 5.69. The molecule has 8 heteroatoms. The van der Waals surface area contributed by atoms with Gasteiger partial charge in [0.2, 0.25) is 0 Å². The molecular weight excluding hydrogens is 439 g/mol. The van der Waals surface area contributed by atoms with E-state index in [2.05, 4.69) is 15.3 Å². The van der Waals surface area contributed by atoms with Crippen molar-refractivity contribution in [3.05, 3.63) is 93.8 Å². The summed E-state index contributed by atoms with van der Waals surface area (Å²) in [5.41, 5.74) is 3.14. The maximum Gasteiger partial charge on any atom is 0.416 e. The van der Waals surface area contributed by atoms with Gasteiger partial charge in [-0.2, -0.15) is 13.2 Å². The normalized spacial score (nSPS) is 11.7. The van der Waals surface area contributed by atoms with Crippen molar-refractivity contribution in [2.45, 2.75) is 26.1 Å². The van der Waals surface area contributed by atoms with Gasteiger partial charge in [-0.15, -0.1) is 0 Å². The summed E-state index contributed by atoms with van der Waals surface area (Å²) in [7, 11) is 0. The molecule has 0 aliphatic heterocycles. The number of aromatic nitrogens is 2. The quantitative estimate of drug-likeness (QED) is 0.321. The average Bonchev–Trinajstić information content (AvgIpc) is 3.23. The van der Waals surface area contributed by atoms with E-state index in [0.29, 0.717) is 28.3 Å². The Morgan fingerprint density at radius 3 is 2.75 bits per heavy atom. The number of nitrogens with zero attached hydrogens (tertiary/aromatic N) is 1. The minimum Gasteiger partial charge on any atom is -0.381 e. The van der Waals surface area contributed by atoms with E-state index in [1.54, 1.807) is 30.6 Å². The fourth-order valence-electron chi connectivity index (χ4n) is 3.46. The number of hydrogen-bond donors (Lipinski definition) is 2. The Balaban J connectivity index is 1.51. The second-order valence-electron chi connectivity index (χ2n) is 7.52. The van der Waals surface area contributed by atoms with Crippen molar-refractivity contribution in [1.29, 1.82) is 0 Å². The smallest absolute Gasteiger partial charge is 0.381 e. The number of benzene rings is 2. The van der Waals surface area contributed by atoms with Crippen LogP contribution in [0.5, 0.6) is 0 Å². The van der Waals surface area contributed by atoms with Gasteiger partial charge in [0, 0.05) is 47.6 Å². The fraction of sp³-hybridized carbons (Fsp3) is 0.167. The topological polar surface area (TPSA) is 57.8 Å². The molecule has 0 atom stereocenters. The summed E-state index contributed by atoms with van der Waals surface area (Å²) in [4.78, 5) is 20.1. The third kappa shape index (κ3) is 4.62. The van der Waals surface area contributed by atoms with E-state index in [0.717, 1.165) is 34.3 Å². The monoisotopic (exact) mass is 457 g/mol. The molecular formula is C24H19ClF3N3O. The van der Waals surface area contributed by atoms with Crippen LogP contribution >= 0.6 is 11.6 Å². The minimum atomic E-state index is -4.44. The highest BCUT2D eigenvalue weighted by Gasteiger charge is 2.30. The lowest BCUT2D eigenvalue weighted by Crippen LogP contribution is -2.09. The van der Waals surface area contributed by atoms with Crippen LogP contribution in [0.4, 0.5) is 18.9 Å². The number of H-pyrrole nitrogens is 1. The van der Waals surface area contributed by atoms with E-state index >= 15 is 0 Å². The molecule has 0 amide bonds. The molecule has 0 aliphatic carbocycles. The van der Waals surface area contributed by atoms with Gasteiger partial charge in [-0.1, -0.05) is 41.9 Å². The summed E-state index contributed by atoms with van der Waals surface area (Å²) in [5, 5.41) is 4.70. The fourth-order valence-corrected chi connectivity index (χ4v) is 3.73. The number of hydrogen-bond acceptors (Lipinski definition) is 3. The van der Waals surface area contributed by atoms with E-state index in [-0.39, 0.29) is 12.2 Å². The number of halogens is 4. The second kappa shape index (κ2) is 8.67. The summed E-state index contributed by atoms with van der Waals surface area (Å²) in [6, 6.07) is 11.9. The van der Waals surface area contributed by atoms with Crippen molar-refractivity contribution in [1.82, 2.24) is 9.97 Å². The molecule has 0 radical (unpaired) electrons. The van der Waals surface area contributed by atoms with Crippen LogP contribution in [0.3, 0.4) is 0 Å². The summed E-state index contributed by atoms with van der Waals surface area (Å²) >= 11 is 6.47. The minimum absolute atomic E-state index is 0.119. The van der Waals surface area contributed by atoms with Crippen molar-refractivity contribution in [3.63, 3.8) is 0 Å². The Bertz CT molecular complexity index is 1300. The summed E-state index contributed by atoms with van der Waals surface area (Å²) in [6.45, 7) is 2.30. The number of rotatable bonds is 6. The SMILES string of the molecule is Cc1ccc(C(=O)Cc2cccc(C(F)(F)F)c2)cc1NCc1cnc2[nH]ccc2c1Cl. The van der Waals surface area contributed by atoms with E-state index in [1.807, 2.05) is 13.0 Å². The number of carbonyl (C=O) groups is 1. The zero-order valence-electron chi connectivity index (χ0n) is 17.1. The van der Waals surface area contributed by atoms with E-state index in [9.17, 15) is 18.0 Å². The lowest BCUT2D eigenvalue weighted by atomic mass is 9.99.